The first-order valence-corrected chi connectivity index (χ1v) is 7.51. The summed E-state index contributed by atoms with van der Waals surface area (Å²) in [5.74, 6) is 1.69. The maximum absolute atomic E-state index is 11.8. The zero-order valence-corrected chi connectivity index (χ0v) is 12.9. The van der Waals surface area contributed by atoms with Crippen LogP contribution in [0.3, 0.4) is 0 Å². The van der Waals surface area contributed by atoms with Crippen molar-refractivity contribution in [3.63, 3.8) is 0 Å². The summed E-state index contributed by atoms with van der Waals surface area (Å²) in [6, 6.07) is 13.1. The fraction of sp³-hybridized carbons (Fsp3) is 0.278. The number of carbonyl (C=O) groups excluding carboxylic acids is 1. The third-order valence-corrected chi connectivity index (χ3v) is 3.54. The number of hydrogen-bond acceptors (Lipinski definition) is 5. The molecule has 23 heavy (non-hydrogen) atoms. The summed E-state index contributed by atoms with van der Waals surface area (Å²) >= 11 is 0. The smallest absolute Gasteiger partial charge is 0.344 e. The molecule has 2 aromatic rings. The van der Waals surface area contributed by atoms with E-state index in [1.807, 2.05) is 43.3 Å². The van der Waals surface area contributed by atoms with E-state index in [9.17, 15) is 4.79 Å². The van der Waals surface area contributed by atoms with Crippen LogP contribution in [0.25, 0.3) is 0 Å². The highest BCUT2D eigenvalue weighted by atomic mass is 16.7. The summed E-state index contributed by atoms with van der Waals surface area (Å²) < 4.78 is 21.3. The van der Waals surface area contributed by atoms with Crippen LogP contribution in [0.1, 0.15) is 18.1 Å². The molecule has 0 fully saturated rings. The van der Waals surface area contributed by atoms with Crippen molar-refractivity contribution < 1.29 is 23.7 Å². The number of ether oxygens (including phenoxy) is 4. The van der Waals surface area contributed by atoms with Gasteiger partial charge < -0.3 is 18.9 Å². The van der Waals surface area contributed by atoms with Crippen LogP contribution in [0.15, 0.2) is 42.5 Å². The van der Waals surface area contributed by atoms with Crippen LogP contribution in [-0.4, -0.2) is 19.4 Å². The Morgan fingerprint density at radius 1 is 1.13 bits per heavy atom. The van der Waals surface area contributed by atoms with Crippen LogP contribution < -0.4 is 14.2 Å². The van der Waals surface area contributed by atoms with E-state index >= 15 is 0 Å². The fourth-order valence-electron chi connectivity index (χ4n) is 2.31. The van der Waals surface area contributed by atoms with Crippen molar-refractivity contribution in [2.45, 2.75) is 20.0 Å². The summed E-state index contributed by atoms with van der Waals surface area (Å²) in [5, 5.41) is 0. The van der Waals surface area contributed by atoms with Crippen molar-refractivity contribution in [1.82, 2.24) is 0 Å². The van der Waals surface area contributed by atoms with Gasteiger partial charge in [0.15, 0.2) is 18.1 Å². The van der Waals surface area contributed by atoms with Gasteiger partial charge in [0.2, 0.25) is 6.79 Å². The standard InChI is InChI=1S/C18H18O5/c1-2-14-5-3-4-6-15(14)20-11-18(19)21-10-13-7-8-16-17(9-13)23-12-22-16/h3-9H,2,10-12H2,1H3. The number of fused-ring (bicyclic) bond motifs is 1. The number of rotatable bonds is 6. The molecular weight excluding hydrogens is 296 g/mol. The second-order valence-corrected chi connectivity index (χ2v) is 5.10. The van der Waals surface area contributed by atoms with Gasteiger partial charge in [-0.3, -0.25) is 0 Å². The lowest BCUT2D eigenvalue weighted by Gasteiger charge is -2.10. The van der Waals surface area contributed by atoms with Crippen LogP contribution in [0, 0.1) is 0 Å². The molecule has 5 heteroatoms. The van der Waals surface area contributed by atoms with E-state index in [4.69, 9.17) is 18.9 Å². The lowest BCUT2D eigenvalue weighted by Crippen LogP contribution is -2.15. The van der Waals surface area contributed by atoms with Crippen LogP contribution in [0.5, 0.6) is 17.2 Å². The van der Waals surface area contributed by atoms with E-state index in [1.54, 1.807) is 6.07 Å². The summed E-state index contributed by atoms with van der Waals surface area (Å²) in [4.78, 5) is 11.8. The predicted molar refractivity (Wildman–Crippen MR) is 83.7 cm³/mol. The van der Waals surface area contributed by atoms with Crippen molar-refractivity contribution in [2.24, 2.45) is 0 Å². The van der Waals surface area contributed by atoms with Crippen molar-refractivity contribution in [3.05, 3.63) is 53.6 Å². The van der Waals surface area contributed by atoms with Crippen LogP contribution in [-0.2, 0) is 22.6 Å². The number of para-hydroxylation sites is 1. The molecule has 120 valence electrons. The van der Waals surface area contributed by atoms with Gasteiger partial charge in [0.25, 0.3) is 0 Å². The molecule has 3 rings (SSSR count). The summed E-state index contributed by atoms with van der Waals surface area (Å²) in [6.07, 6.45) is 0.850. The van der Waals surface area contributed by atoms with Gasteiger partial charge in [0, 0.05) is 0 Å². The minimum absolute atomic E-state index is 0.110. The molecule has 1 aliphatic rings. The Bertz CT molecular complexity index is 696. The minimum atomic E-state index is -0.409. The normalized spacial score (nSPS) is 12.0. The van der Waals surface area contributed by atoms with E-state index in [-0.39, 0.29) is 20.0 Å². The van der Waals surface area contributed by atoms with Crippen molar-refractivity contribution >= 4 is 5.97 Å². The van der Waals surface area contributed by atoms with Crippen LogP contribution in [0.2, 0.25) is 0 Å². The first-order chi connectivity index (χ1) is 11.3. The second kappa shape index (κ2) is 7.05. The van der Waals surface area contributed by atoms with Gasteiger partial charge in [-0.05, 0) is 35.7 Å². The lowest BCUT2D eigenvalue weighted by atomic mass is 10.1. The highest BCUT2D eigenvalue weighted by Crippen LogP contribution is 2.32. The molecule has 0 amide bonds. The summed E-state index contributed by atoms with van der Waals surface area (Å²) in [7, 11) is 0. The number of benzene rings is 2. The third-order valence-electron chi connectivity index (χ3n) is 3.54. The van der Waals surface area contributed by atoms with E-state index in [2.05, 4.69) is 0 Å². The van der Waals surface area contributed by atoms with Crippen LogP contribution >= 0.6 is 0 Å². The fourth-order valence-corrected chi connectivity index (χ4v) is 2.31. The van der Waals surface area contributed by atoms with Gasteiger partial charge in [-0.1, -0.05) is 31.2 Å². The molecule has 0 unspecified atom stereocenters. The molecule has 0 saturated heterocycles. The molecular formula is C18H18O5. The Hall–Kier alpha value is -2.69. The maximum Gasteiger partial charge on any atom is 0.344 e. The van der Waals surface area contributed by atoms with Gasteiger partial charge in [-0.15, -0.1) is 0 Å². The molecule has 0 radical (unpaired) electrons. The minimum Gasteiger partial charge on any atom is -0.482 e. The molecule has 5 nitrogen and oxygen atoms in total. The Morgan fingerprint density at radius 3 is 2.83 bits per heavy atom. The largest absolute Gasteiger partial charge is 0.482 e. The molecule has 2 aromatic carbocycles. The molecule has 0 N–H and O–H groups in total. The van der Waals surface area contributed by atoms with Gasteiger partial charge in [0.1, 0.15) is 12.4 Å². The van der Waals surface area contributed by atoms with E-state index in [0.29, 0.717) is 11.5 Å². The average Bonchev–Trinajstić information content (AvgIpc) is 3.06. The van der Waals surface area contributed by atoms with E-state index in [1.165, 1.54) is 0 Å². The quantitative estimate of drug-likeness (QED) is 0.767. The molecule has 0 spiro atoms. The first kappa shape index (κ1) is 15.2. The maximum atomic E-state index is 11.8. The number of carbonyl (C=O) groups is 1. The number of aryl methyl sites for hydroxylation is 1. The summed E-state index contributed by atoms with van der Waals surface area (Å²) in [5.41, 5.74) is 1.91. The monoisotopic (exact) mass is 314 g/mol. The zero-order valence-electron chi connectivity index (χ0n) is 12.9. The van der Waals surface area contributed by atoms with Crippen molar-refractivity contribution in [1.29, 1.82) is 0 Å². The molecule has 1 heterocycles. The zero-order chi connectivity index (χ0) is 16.1. The van der Waals surface area contributed by atoms with Gasteiger partial charge >= 0.3 is 5.97 Å². The molecule has 0 aliphatic carbocycles. The topological polar surface area (TPSA) is 54.0 Å². The van der Waals surface area contributed by atoms with Crippen LogP contribution in [0.4, 0.5) is 0 Å². The molecule has 0 saturated carbocycles. The Balaban J connectivity index is 1.50. The Labute approximate surface area is 134 Å². The van der Waals surface area contributed by atoms with Gasteiger partial charge in [0.05, 0.1) is 0 Å². The summed E-state index contributed by atoms with van der Waals surface area (Å²) in [6.45, 7) is 2.33. The molecule has 0 atom stereocenters. The van der Waals surface area contributed by atoms with Gasteiger partial charge in [-0.25, -0.2) is 4.79 Å². The van der Waals surface area contributed by atoms with Gasteiger partial charge in [-0.2, -0.15) is 0 Å². The molecule has 0 aromatic heterocycles. The van der Waals surface area contributed by atoms with Crippen molar-refractivity contribution in [3.8, 4) is 17.2 Å². The first-order valence-electron chi connectivity index (χ1n) is 7.51. The number of esters is 1. The Morgan fingerprint density at radius 2 is 1.96 bits per heavy atom. The highest BCUT2D eigenvalue weighted by molar-refractivity contribution is 5.71. The third kappa shape index (κ3) is 3.74. The SMILES string of the molecule is CCc1ccccc1OCC(=O)OCc1ccc2c(c1)OCO2. The average molecular weight is 314 g/mol. The second-order valence-electron chi connectivity index (χ2n) is 5.10. The predicted octanol–water partition coefficient (Wildman–Crippen LogP) is 3.10. The lowest BCUT2D eigenvalue weighted by molar-refractivity contribution is -0.147. The van der Waals surface area contributed by atoms with E-state index in [0.717, 1.165) is 23.3 Å². The van der Waals surface area contributed by atoms with Crippen molar-refractivity contribution in [2.75, 3.05) is 13.4 Å². The molecule has 1 aliphatic heterocycles. The molecule has 0 bridgehead atoms. The van der Waals surface area contributed by atoms with E-state index < -0.39 is 5.97 Å². The Kier molecular flexibility index (Phi) is 4.66. The number of hydrogen-bond donors (Lipinski definition) is 0. The highest BCUT2D eigenvalue weighted by Gasteiger charge is 2.14.